The van der Waals surface area contributed by atoms with Gasteiger partial charge in [-0.1, -0.05) is 12.1 Å². The second-order valence-electron chi connectivity index (χ2n) is 5.56. The molecule has 4 nitrogen and oxygen atoms in total. The molecule has 2 aromatic rings. The van der Waals surface area contributed by atoms with E-state index >= 15 is 0 Å². The molecule has 0 aliphatic heterocycles. The van der Waals surface area contributed by atoms with Gasteiger partial charge in [0.25, 0.3) is 0 Å². The van der Waals surface area contributed by atoms with E-state index in [0.29, 0.717) is 30.9 Å². The fourth-order valence-electron chi connectivity index (χ4n) is 2.46. The van der Waals surface area contributed by atoms with Gasteiger partial charge in [0.2, 0.25) is 5.91 Å². The second-order valence-corrected chi connectivity index (χ2v) is 5.56. The Morgan fingerprint density at radius 2 is 1.92 bits per heavy atom. The molecule has 1 amide bonds. The summed E-state index contributed by atoms with van der Waals surface area (Å²) in [5.41, 5.74) is 1.72. The Balaban J connectivity index is 1.96. The van der Waals surface area contributed by atoms with Crippen molar-refractivity contribution in [2.45, 2.75) is 19.4 Å². The number of carbonyl (C=O) groups excluding carboxylic acids is 1. The molecule has 0 atom stereocenters. The van der Waals surface area contributed by atoms with Crippen LogP contribution in [0.25, 0.3) is 0 Å². The molecule has 5 heteroatoms. The molecule has 0 saturated carbocycles. The van der Waals surface area contributed by atoms with Crippen LogP contribution in [0.2, 0.25) is 0 Å². The fraction of sp³-hybridized carbons (Fsp3) is 0.316. The van der Waals surface area contributed by atoms with Crippen LogP contribution in [0.3, 0.4) is 0 Å². The smallest absolute Gasteiger partial charge is 0.222 e. The van der Waals surface area contributed by atoms with Crippen LogP contribution in [-0.2, 0) is 17.8 Å². The minimum Gasteiger partial charge on any atom is -0.497 e. The Hall–Kier alpha value is -2.56. The number of rotatable bonds is 7. The zero-order chi connectivity index (χ0) is 17.5. The van der Waals surface area contributed by atoms with Gasteiger partial charge >= 0.3 is 0 Å². The van der Waals surface area contributed by atoms with E-state index < -0.39 is 0 Å². The lowest BCUT2D eigenvalue weighted by Gasteiger charge is -2.19. The highest BCUT2D eigenvalue weighted by molar-refractivity contribution is 5.76. The number of nitrogens with zero attached hydrogens (tertiary/aromatic N) is 1. The predicted molar refractivity (Wildman–Crippen MR) is 90.7 cm³/mol. The van der Waals surface area contributed by atoms with Gasteiger partial charge in [0, 0.05) is 31.6 Å². The van der Waals surface area contributed by atoms with Crippen molar-refractivity contribution in [2.24, 2.45) is 0 Å². The summed E-state index contributed by atoms with van der Waals surface area (Å²) in [5, 5.41) is 0. The van der Waals surface area contributed by atoms with Crippen molar-refractivity contribution >= 4 is 5.91 Å². The Morgan fingerprint density at radius 3 is 2.58 bits per heavy atom. The summed E-state index contributed by atoms with van der Waals surface area (Å²) in [6.45, 7) is 0.440. The Bertz CT molecular complexity index is 703. The van der Waals surface area contributed by atoms with E-state index in [1.807, 2.05) is 18.2 Å². The minimum absolute atomic E-state index is 0.00266. The fourth-order valence-corrected chi connectivity index (χ4v) is 2.46. The highest BCUT2D eigenvalue weighted by Gasteiger charge is 2.13. The molecule has 0 N–H and O–H groups in total. The van der Waals surface area contributed by atoms with Crippen molar-refractivity contribution in [2.75, 3.05) is 21.3 Å². The number of benzene rings is 2. The highest BCUT2D eigenvalue weighted by Crippen LogP contribution is 2.25. The SMILES string of the molecule is COc1ccc(CN(C)C(=O)CCc2cccc(F)c2)c(OC)c1. The summed E-state index contributed by atoms with van der Waals surface area (Å²) in [7, 11) is 4.93. The number of aryl methyl sites for hydroxylation is 1. The molecule has 0 unspecified atom stereocenters. The van der Waals surface area contributed by atoms with Gasteiger partial charge in [-0.2, -0.15) is 0 Å². The zero-order valence-electron chi connectivity index (χ0n) is 14.2. The molecule has 0 aliphatic carbocycles. The zero-order valence-corrected chi connectivity index (χ0v) is 14.2. The molecule has 0 fully saturated rings. The predicted octanol–water partition coefficient (Wildman–Crippen LogP) is 3.43. The topological polar surface area (TPSA) is 38.8 Å². The van der Waals surface area contributed by atoms with Crippen molar-refractivity contribution in [3.8, 4) is 11.5 Å². The van der Waals surface area contributed by atoms with Crippen molar-refractivity contribution in [3.63, 3.8) is 0 Å². The third-order valence-corrected chi connectivity index (χ3v) is 3.84. The number of hydrogen-bond acceptors (Lipinski definition) is 3. The second kappa shape index (κ2) is 8.34. The van der Waals surface area contributed by atoms with Gasteiger partial charge in [0.15, 0.2) is 0 Å². The third kappa shape index (κ3) is 4.72. The van der Waals surface area contributed by atoms with Crippen molar-refractivity contribution < 1.29 is 18.7 Å². The summed E-state index contributed by atoms with van der Waals surface area (Å²) < 4.78 is 23.7. The lowest BCUT2D eigenvalue weighted by Crippen LogP contribution is -2.26. The van der Waals surface area contributed by atoms with E-state index in [1.54, 1.807) is 38.3 Å². The molecule has 128 valence electrons. The maximum Gasteiger partial charge on any atom is 0.222 e. The first-order valence-corrected chi connectivity index (χ1v) is 7.72. The molecule has 0 aliphatic rings. The van der Waals surface area contributed by atoms with Crippen LogP contribution < -0.4 is 9.47 Å². The van der Waals surface area contributed by atoms with Crippen LogP contribution in [0, 0.1) is 5.82 Å². The first kappa shape index (κ1) is 17.8. The van der Waals surface area contributed by atoms with E-state index in [9.17, 15) is 9.18 Å². The average Bonchev–Trinajstić information content (AvgIpc) is 2.60. The maximum atomic E-state index is 13.2. The molecule has 0 heterocycles. The van der Waals surface area contributed by atoms with Crippen LogP contribution in [0.1, 0.15) is 17.5 Å². The number of methoxy groups -OCH3 is 2. The standard InChI is InChI=1S/C19H22FNO3/c1-21(13-15-8-9-17(23-2)12-18(15)24-3)19(22)10-7-14-5-4-6-16(20)11-14/h4-6,8-9,11-12H,7,10,13H2,1-3H3. The maximum absolute atomic E-state index is 13.2. The van der Waals surface area contributed by atoms with E-state index in [0.717, 1.165) is 11.1 Å². The average molecular weight is 331 g/mol. The van der Waals surface area contributed by atoms with Crippen molar-refractivity contribution in [1.82, 2.24) is 4.90 Å². The van der Waals surface area contributed by atoms with E-state index in [2.05, 4.69) is 0 Å². The number of halogens is 1. The molecule has 0 bridgehead atoms. The molecule has 0 saturated heterocycles. The summed E-state index contributed by atoms with van der Waals surface area (Å²) in [6, 6.07) is 11.8. The lowest BCUT2D eigenvalue weighted by atomic mass is 10.1. The monoisotopic (exact) mass is 331 g/mol. The van der Waals surface area contributed by atoms with Crippen LogP contribution in [0.15, 0.2) is 42.5 Å². The van der Waals surface area contributed by atoms with E-state index in [1.165, 1.54) is 12.1 Å². The van der Waals surface area contributed by atoms with Gasteiger partial charge in [-0.05, 0) is 36.2 Å². The number of ether oxygens (including phenoxy) is 2. The number of carbonyl (C=O) groups is 1. The molecule has 24 heavy (non-hydrogen) atoms. The van der Waals surface area contributed by atoms with Gasteiger partial charge < -0.3 is 14.4 Å². The van der Waals surface area contributed by atoms with Gasteiger partial charge in [0.05, 0.1) is 14.2 Å². The van der Waals surface area contributed by atoms with Crippen molar-refractivity contribution in [3.05, 3.63) is 59.4 Å². The van der Waals surface area contributed by atoms with Crippen LogP contribution in [-0.4, -0.2) is 32.1 Å². The Labute approximate surface area is 141 Å². The molecule has 0 spiro atoms. The van der Waals surface area contributed by atoms with Crippen LogP contribution in [0.5, 0.6) is 11.5 Å². The van der Waals surface area contributed by atoms with Crippen LogP contribution >= 0.6 is 0 Å². The van der Waals surface area contributed by atoms with Crippen LogP contribution in [0.4, 0.5) is 4.39 Å². The highest BCUT2D eigenvalue weighted by atomic mass is 19.1. The summed E-state index contributed by atoms with van der Waals surface area (Å²) in [6.07, 6.45) is 0.846. The molecule has 2 rings (SSSR count). The molecule has 0 aromatic heterocycles. The van der Waals surface area contributed by atoms with Gasteiger partial charge in [-0.25, -0.2) is 4.39 Å². The van der Waals surface area contributed by atoms with Gasteiger partial charge in [-0.3, -0.25) is 4.79 Å². The number of amides is 1. The van der Waals surface area contributed by atoms with Gasteiger partial charge in [-0.15, -0.1) is 0 Å². The summed E-state index contributed by atoms with van der Waals surface area (Å²) >= 11 is 0. The first-order valence-electron chi connectivity index (χ1n) is 7.72. The summed E-state index contributed by atoms with van der Waals surface area (Å²) in [5.74, 6) is 1.10. The largest absolute Gasteiger partial charge is 0.497 e. The van der Waals surface area contributed by atoms with E-state index in [-0.39, 0.29) is 11.7 Å². The lowest BCUT2D eigenvalue weighted by molar-refractivity contribution is -0.130. The Morgan fingerprint density at radius 1 is 1.12 bits per heavy atom. The molecule has 0 radical (unpaired) electrons. The number of hydrogen-bond donors (Lipinski definition) is 0. The Kier molecular flexibility index (Phi) is 6.18. The molecular formula is C19H22FNO3. The first-order chi connectivity index (χ1) is 11.5. The summed E-state index contributed by atoms with van der Waals surface area (Å²) in [4.78, 5) is 13.9. The minimum atomic E-state index is -0.281. The van der Waals surface area contributed by atoms with E-state index in [4.69, 9.17) is 9.47 Å². The third-order valence-electron chi connectivity index (χ3n) is 3.84. The molecule has 2 aromatic carbocycles. The van der Waals surface area contributed by atoms with Crippen molar-refractivity contribution in [1.29, 1.82) is 0 Å². The molecular weight excluding hydrogens is 309 g/mol. The normalized spacial score (nSPS) is 10.3. The quantitative estimate of drug-likeness (QED) is 0.780. The van der Waals surface area contributed by atoms with Gasteiger partial charge in [0.1, 0.15) is 17.3 Å².